The second kappa shape index (κ2) is 11.1. The van der Waals surface area contributed by atoms with E-state index in [4.69, 9.17) is 27.5 Å². The molecule has 4 atom stereocenters. The molecule has 0 unspecified atom stereocenters. The average molecular weight is 602 g/mol. The molecule has 0 bridgehead atoms. The summed E-state index contributed by atoms with van der Waals surface area (Å²) in [7, 11) is 1.77. The number of rotatable bonds is 10. The van der Waals surface area contributed by atoms with Crippen molar-refractivity contribution in [3.63, 3.8) is 0 Å². The van der Waals surface area contributed by atoms with Gasteiger partial charge < -0.3 is 39.9 Å². The predicted octanol–water partition coefficient (Wildman–Crippen LogP) is 0.229. The molecular formula is C27H28ClN5O9. The van der Waals surface area contributed by atoms with E-state index in [-0.39, 0.29) is 17.0 Å². The molecule has 2 aromatic heterocycles. The molecule has 1 aliphatic carbocycles. The second-order valence-electron chi connectivity index (χ2n) is 10.4. The fourth-order valence-electron chi connectivity index (χ4n) is 5.19. The van der Waals surface area contributed by atoms with Gasteiger partial charge in [-0.3, -0.25) is 4.57 Å². The van der Waals surface area contributed by atoms with Crippen molar-refractivity contribution in [2.24, 2.45) is 0 Å². The first kappa shape index (κ1) is 29.6. The third kappa shape index (κ3) is 4.94. The van der Waals surface area contributed by atoms with E-state index in [2.05, 4.69) is 20.9 Å². The molecule has 5 N–H and O–H groups in total. The number of aromatic nitrogens is 4. The van der Waals surface area contributed by atoms with E-state index in [0.717, 1.165) is 0 Å². The first-order valence-electron chi connectivity index (χ1n) is 12.9. The monoisotopic (exact) mass is 601 g/mol. The Morgan fingerprint density at radius 3 is 2.50 bits per heavy atom. The van der Waals surface area contributed by atoms with Crippen LogP contribution in [0.3, 0.4) is 0 Å². The summed E-state index contributed by atoms with van der Waals surface area (Å²) >= 11 is 6.22. The summed E-state index contributed by atoms with van der Waals surface area (Å²) < 4.78 is 12.7. The van der Waals surface area contributed by atoms with Crippen LogP contribution in [0.2, 0.25) is 5.28 Å². The Morgan fingerprint density at radius 2 is 1.90 bits per heavy atom. The fraction of sp³-hybridized carbons (Fsp3) is 0.444. The first-order valence-corrected chi connectivity index (χ1v) is 13.3. The predicted molar refractivity (Wildman–Crippen MR) is 146 cm³/mol. The summed E-state index contributed by atoms with van der Waals surface area (Å²) in [6.07, 6.45) is 2.20. The topological polar surface area (TPSA) is 201 Å². The lowest BCUT2D eigenvalue weighted by Crippen LogP contribution is -2.55. The van der Waals surface area contributed by atoms with Crippen LogP contribution >= 0.6 is 11.6 Å². The van der Waals surface area contributed by atoms with Crippen molar-refractivity contribution in [1.29, 1.82) is 0 Å². The lowest BCUT2D eigenvalue weighted by atomic mass is 9.88. The molecular weight excluding hydrogens is 574 g/mol. The number of ether oxygens (including phenoxy) is 2. The number of aliphatic hydroxyl groups is 3. The molecule has 15 heteroatoms. The van der Waals surface area contributed by atoms with Gasteiger partial charge in [0.15, 0.2) is 28.8 Å². The summed E-state index contributed by atoms with van der Waals surface area (Å²) in [6, 6.07) is 8.00. The lowest BCUT2D eigenvalue weighted by Gasteiger charge is -2.39. The third-order valence-corrected chi connectivity index (χ3v) is 8.00. The van der Waals surface area contributed by atoms with Crippen LogP contribution in [-0.2, 0) is 25.5 Å². The van der Waals surface area contributed by atoms with Gasteiger partial charge in [0.1, 0.15) is 12.2 Å². The van der Waals surface area contributed by atoms with Crippen LogP contribution in [0.4, 0.5) is 5.82 Å². The SMILES string of the molecule is C#C[C@@]1(O)[C@@H](COC(Cc2ccccc2)(C(=O)O)C(=O)O)O[C@@H](n2cnc3c(N(C)C4CC(O)C4)nc(Cl)nc32)[C@@H]1O. The number of fused-ring (bicyclic) bond motifs is 1. The summed E-state index contributed by atoms with van der Waals surface area (Å²) in [5, 5.41) is 51.8. The summed E-state index contributed by atoms with van der Waals surface area (Å²) in [4.78, 5) is 39.1. The zero-order valence-electron chi connectivity index (χ0n) is 22.2. The lowest BCUT2D eigenvalue weighted by molar-refractivity contribution is -0.191. The molecule has 2 aliphatic rings. The number of aliphatic hydroxyl groups excluding tert-OH is 2. The molecule has 222 valence electrons. The molecule has 14 nitrogen and oxygen atoms in total. The molecule has 5 rings (SSSR count). The molecule has 0 amide bonds. The Morgan fingerprint density at radius 1 is 1.24 bits per heavy atom. The number of hydrogen-bond acceptors (Lipinski definition) is 11. The molecule has 3 heterocycles. The van der Waals surface area contributed by atoms with Gasteiger partial charge in [-0.25, -0.2) is 14.6 Å². The number of nitrogens with zero attached hydrogens (tertiary/aromatic N) is 5. The van der Waals surface area contributed by atoms with Crippen LogP contribution in [0.1, 0.15) is 24.6 Å². The van der Waals surface area contributed by atoms with E-state index in [1.807, 2.05) is 4.90 Å². The van der Waals surface area contributed by atoms with E-state index >= 15 is 0 Å². The number of imidazole rings is 1. The van der Waals surface area contributed by atoms with E-state index < -0.39 is 60.7 Å². The van der Waals surface area contributed by atoms with Crippen LogP contribution in [0.15, 0.2) is 36.7 Å². The number of anilines is 1. The van der Waals surface area contributed by atoms with E-state index in [9.17, 15) is 35.1 Å². The van der Waals surface area contributed by atoms with Crippen molar-refractivity contribution in [3.8, 4) is 12.3 Å². The normalized spacial score (nSPS) is 27.4. The first-order chi connectivity index (χ1) is 19.9. The number of terminal acetylenes is 1. The van der Waals surface area contributed by atoms with Gasteiger partial charge in [-0.1, -0.05) is 36.3 Å². The van der Waals surface area contributed by atoms with Gasteiger partial charge in [-0.05, 0) is 30.0 Å². The quantitative estimate of drug-likeness (QED) is 0.120. The maximum absolute atomic E-state index is 12.2. The van der Waals surface area contributed by atoms with E-state index in [0.29, 0.717) is 29.7 Å². The molecule has 2 fully saturated rings. The molecule has 1 saturated carbocycles. The number of aliphatic carboxylic acids is 2. The Bertz CT molecular complexity index is 1530. The zero-order chi connectivity index (χ0) is 30.4. The van der Waals surface area contributed by atoms with Crippen LogP contribution < -0.4 is 4.90 Å². The molecule has 0 radical (unpaired) electrons. The van der Waals surface area contributed by atoms with Gasteiger partial charge in [0.05, 0.1) is 19.0 Å². The van der Waals surface area contributed by atoms with Gasteiger partial charge in [-0.2, -0.15) is 9.97 Å². The fourth-order valence-corrected chi connectivity index (χ4v) is 5.35. The number of carboxylic acid groups (broad SMARTS) is 2. The Hall–Kier alpha value is -3.84. The van der Waals surface area contributed by atoms with Crippen molar-refractivity contribution in [3.05, 3.63) is 47.5 Å². The highest BCUT2D eigenvalue weighted by Crippen LogP contribution is 2.40. The standard InChI is InChI=1S/C27H28ClN5O9/c1-3-26(40)17(12-41-27(23(36)37,24(38)39)11-14-7-5-4-6-8-14)42-22(19(26)35)33-13-29-18-20(30-25(28)31-21(18)33)32(2)15-9-16(34)10-15/h1,4-8,13,15-17,19,22,34-35,40H,9-12H2,2H3,(H,36,37)(H,38,39)/t15?,16?,17-,19+,22-,26-/m1/s1. The highest BCUT2D eigenvalue weighted by Gasteiger charge is 2.58. The van der Waals surface area contributed by atoms with E-state index in [1.165, 1.54) is 10.9 Å². The minimum Gasteiger partial charge on any atom is -0.479 e. The summed E-state index contributed by atoms with van der Waals surface area (Å²) in [6.45, 7) is -0.805. The maximum Gasteiger partial charge on any atom is 0.348 e. The Labute approximate surface area is 244 Å². The Balaban J connectivity index is 1.44. The molecule has 0 spiro atoms. The minimum atomic E-state index is -2.75. The van der Waals surface area contributed by atoms with Crippen LogP contribution in [0.5, 0.6) is 0 Å². The highest BCUT2D eigenvalue weighted by molar-refractivity contribution is 6.28. The minimum absolute atomic E-state index is 0.0136. The highest BCUT2D eigenvalue weighted by atomic mass is 35.5. The van der Waals surface area contributed by atoms with Crippen LogP contribution in [0.25, 0.3) is 11.2 Å². The average Bonchev–Trinajstić information content (AvgIpc) is 3.47. The molecule has 42 heavy (non-hydrogen) atoms. The maximum atomic E-state index is 12.2. The van der Waals surface area contributed by atoms with Crippen molar-refractivity contribution in [1.82, 2.24) is 19.5 Å². The number of carboxylic acids is 2. The van der Waals surface area contributed by atoms with Crippen LogP contribution in [-0.4, -0.2) is 106 Å². The van der Waals surface area contributed by atoms with Gasteiger partial charge >= 0.3 is 11.9 Å². The van der Waals surface area contributed by atoms with Gasteiger partial charge in [0.2, 0.25) is 5.28 Å². The zero-order valence-corrected chi connectivity index (χ0v) is 23.0. The number of benzene rings is 1. The number of hydrogen-bond donors (Lipinski definition) is 5. The van der Waals surface area contributed by atoms with Crippen molar-refractivity contribution in [2.75, 3.05) is 18.6 Å². The third-order valence-electron chi connectivity index (χ3n) is 7.83. The van der Waals surface area contributed by atoms with Crippen molar-refractivity contribution >= 4 is 40.5 Å². The number of halogens is 1. The largest absolute Gasteiger partial charge is 0.479 e. The summed E-state index contributed by atoms with van der Waals surface area (Å²) in [5.41, 5.74) is -4.37. The van der Waals surface area contributed by atoms with Gasteiger partial charge in [-0.15, -0.1) is 6.42 Å². The Kier molecular flexibility index (Phi) is 7.84. The second-order valence-corrected chi connectivity index (χ2v) is 10.7. The molecule has 1 aromatic carbocycles. The van der Waals surface area contributed by atoms with Crippen molar-refractivity contribution < 1.29 is 44.6 Å². The van der Waals surface area contributed by atoms with Crippen LogP contribution in [0, 0.1) is 12.3 Å². The molecule has 1 saturated heterocycles. The summed E-state index contributed by atoms with van der Waals surface area (Å²) in [5.74, 6) is -1.10. The number of carbonyl (C=O) groups is 2. The van der Waals surface area contributed by atoms with Gasteiger partial charge in [0.25, 0.3) is 5.60 Å². The molecule has 1 aliphatic heterocycles. The van der Waals surface area contributed by atoms with E-state index in [1.54, 1.807) is 37.4 Å². The smallest absolute Gasteiger partial charge is 0.348 e. The molecule has 3 aromatic rings. The van der Waals surface area contributed by atoms with Gasteiger partial charge in [0, 0.05) is 19.5 Å². The van der Waals surface area contributed by atoms with Crippen molar-refractivity contribution in [2.45, 2.75) is 61.0 Å².